The zero-order valence-electron chi connectivity index (χ0n) is 6.21. The smallest absolute Gasteiger partial charge is 0.100 e. The van der Waals surface area contributed by atoms with E-state index < -0.39 is 0 Å². The van der Waals surface area contributed by atoms with Gasteiger partial charge < -0.3 is 4.74 Å². The Morgan fingerprint density at radius 3 is 3.18 bits per heavy atom. The molecule has 0 spiro atoms. The summed E-state index contributed by atoms with van der Waals surface area (Å²) in [7, 11) is 0. The third kappa shape index (κ3) is 1.51. The third-order valence-corrected chi connectivity index (χ3v) is 2.18. The van der Waals surface area contributed by atoms with Crippen LogP contribution in [0, 0.1) is 0 Å². The van der Waals surface area contributed by atoms with Crippen LogP contribution in [0.15, 0.2) is 34.5 Å². The standard InChI is InChI=1S/C9H10OS/c11-9-2-1-8-5-7(6-9)3-4-10-8/h1-2,6,11H,3-5H2. The van der Waals surface area contributed by atoms with Gasteiger partial charge in [0.25, 0.3) is 0 Å². The monoisotopic (exact) mass is 166 g/mol. The molecule has 1 fully saturated rings. The average Bonchev–Trinajstić information content (AvgIpc) is 2.12. The predicted octanol–water partition coefficient (Wildman–Crippen LogP) is 2.43. The van der Waals surface area contributed by atoms with Crippen molar-refractivity contribution in [3.05, 3.63) is 34.5 Å². The van der Waals surface area contributed by atoms with Crippen LogP contribution in [0.1, 0.15) is 12.8 Å². The fourth-order valence-corrected chi connectivity index (χ4v) is 1.60. The van der Waals surface area contributed by atoms with E-state index in [1.165, 1.54) is 5.57 Å². The van der Waals surface area contributed by atoms with Crippen LogP contribution in [-0.2, 0) is 4.74 Å². The minimum absolute atomic E-state index is 0.826. The molecule has 58 valence electrons. The normalized spacial score (nSPS) is 22.5. The Bertz CT molecular complexity index is 261. The van der Waals surface area contributed by atoms with Gasteiger partial charge in [-0.25, -0.2) is 0 Å². The molecule has 11 heavy (non-hydrogen) atoms. The van der Waals surface area contributed by atoms with E-state index in [0.29, 0.717) is 0 Å². The first kappa shape index (κ1) is 7.04. The summed E-state index contributed by atoms with van der Waals surface area (Å²) in [6.45, 7) is 0.826. The Morgan fingerprint density at radius 1 is 1.36 bits per heavy atom. The van der Waals surface area contributed by atoms with Crippen molar-refractivity contribution in [2.45, 2.75) is 12.8 Å². The first-order valence-corrected chi connectivity index (χ1v) is 4.21. The second kappa shape index (κ2) is 2.78. The van der Waals surface area contributed by atoms with Crippen molar-refractivity contribution >= 4 is 12.6 Å². The van der Waals surface area contributed by atoms with E-state index in [9.17, 15) is 0 Å². The molecule has 0 unspecified atom stereocenters. The number of rotatable bonds is 0. The van der Waals surface area contributed by atoms with Crippen LogP contribution >= 0.6 is 12.6 Å². The molecule has 0 saturated carbocycles. The summed E-state index contributed by atoms with van der Waals surface area (Å²) < 4.78 is 5.42. The van der Waals surface area contributed by atoms with Crippen molar-refractivity contribution in [3.63, 3.8) is 0 Å². The fourth-order valence-electron chi connectivity index (χ4n) is 1.34. The second-order valence-corrected chi connectivity index (χ2v) is 3.32. The third-order valence-electron chi connectivity index (χ3n) is 1.90. The lowest BCUT2D eigenvalue weighted by atomic mass is 10.1. The molecule has 0 aromatic rings. The van der Waals surface area contributed by atoms with Gasteiger partial charge in [-0.1, -0.05) is 5.57 Å². The first-order chi connectivity index (χ1) is 5.34. The summed E-state index contributed by atoms with van der Waals surface area (Å²) in [4.78, 5) is 1.03. The van der Waals surface area contributed by atoms with E-state index in [1.54, 1.807) is 0 Å². The van der Waals surface area contributed by atoms with Crippen molar-refractivity contribution in [3.8, 4) is 0 Å². The van der Waals surface area contributed by atoms with E-state index in [-0.39, 0.29) is 0 Å². The van der Waals surface area contributed by atoms with Crippen LogP contribution in [0.3, 0.4) is 0 Å². The zero-order valence-corrected chi connectivity index (χ0v) is 7.10. The maximum absolute atomic E-state index is 5.42. The molecular weight excluding hydrogens is 156 g/mol. The van der Waals surface area contributed by atoms with Gasteiger partial charge in [-0.15, -0.1) is 12.6 Å². The quantitative estimate of drug-likeness (QED) is 0.544. The van der Waals surface area contributed by atoms with Gasteiger partial charge >= 0.3 is 0 Å². The van der Waals surface area contributed by atoms with Gasteiger partial charge in [0.2, 0.25) is 0 Å². The molecule has 1 aliphatic heterocycles. The maximum atomic E-state index is 5.42. The van der Waals surface area contributed by atoms with Crippen molar-refractivity contribution < 1.29 is 4.74 Å². The molecule has 0 atom stereocenters. The van der Waals surface area contributed by atoms with Crippen molar-refractivity contribution in [1.82, 2.24) is 0 Å². The van der Waals surface area contributed by atoms with Gasteiger partial charge in [0.15, 0.2) is 0 Å². The summed E-state index contributed by atoms with van der Waals surface area (Å²) in [5, 5.41) is 0. The fraction of sp³-hybridized carbons (Fsp3) is 0.333. The lowest BCUT2D eigenvalue weighted by Gasteiger charge is -2.17. The molecular formula is C9H10OS. The molecule has 1 aliphatic carbocycles. The highest BCUT2D eigenvalue weighted by Crippen LogP contribution is 2.26. The molecule has 1 nitrogen and oxygen atoms in total. The number of hydrogen-bond donors (Lipinski definition) is 1. The molecule has 0 aromatic carbocycles. The Balaban J connectivity index is 2.35. The second-order valence-electron chi connectivity index (χ2n) is 2.80. The number of fused-ring (bicyclic) bond motifs is 2. The highest BCUT2D eigenvalue weighted by Gasteiger charge is 2.12. The number of hydrogen-bond acceptors (Lipinski definition) is 2. The first-order valence-electron chi connectivity index (χ1n) is 3.77. The molecule has 2 rings (SSSR count). The number of allylic oxidation sites excluding steroid dienone is 4. The number of thiol groups is 1. The highest BCUT2D eigenvalue weighted by atomic mass is 32.1. The van der Waals surface area contributed by atoms with E-state index >= 15 is 0 Å². The van der Waals surface area contributed by atoms with Crippen LogP contribution in [0.25, 0.3) is 0 Å². The molecule has 0 aromatic heterocycles. The Hall–Kier alpha value is -0.630. The van der Waals surface area contributed by atoms with Gasteiger partial charge in [-0.2, -0.15) is 0 Å². The van der Waals surface area contributed by atoms with Gasteiger partial charge in [0, 0.05) is 17.7 Å². The van der Waals surface area contributed by atoms with Crippen LogP contribution in [0.5, 0.6) is 0 Å². The molecule has 1 heterocycles. The average molecular weight is 166 g/mol. The summed E-state index contributed by atoms with van der Waals surface area (Å²) in [6, 6.07) is 0. The van der Waals surface area contributed by atoms with E-state index in [0.717, 1.165) is 30.1 Å². The van der Waals surface area contributed by atoms with Crippen molar-refractivity contribution in [2.24, 2.45) is 0 Å². The van der Waals surface area contributed by atoms with E-state index in [1.807, 2.05) is 12.2 Å². The zero-order chi connectivity index (χ0) is 7.68. The van der Waals surface area contributed by atoms with Crippen LogP contribution in [-0.4, -0.2) is 6.61 Å². The van der Waals surface area contributed by atoms with E-state index in [2.05, 4.69) is 18.7 Å². The van der Waals surface area contributed by atoms with Crippen LogP contribution < -0.4 is 0 Å². The van der Waals surface area contributed by atoms with Gasteiger partial charge in [0.1, 0.15) is 5.76 Å². The molecule has 0 radical (unpaired) electrons. The molecule has 1 saturated heterocycles. The lowest BCUT2D eigenvalue weighted by molar-refractivity contribution is 0.189. The molecule has 0 N–H and O–H groups in total. The lowest BCUT2D eigenvalue weighted by Crippen LogP contribution is -2.04. The van der Waals surface area contributed by atoms with Crippen molar-refractivity contribution in [2.75, 3.05) is 6.61 Å². The van der Waals surface area contributed by atoms with Crippen molar-refractivity contribution in [1.29, 1.82) is 0 Å². The summed E-state index contributed by atoms with van der Waals surface area (Å²) in [5.41, 5.74) is 1.43. The Kier molecular flexibility index (Phi) is 1.78. The maximum Gasteiger partial charge on any atom is 0.100 e. The Morgan fingerprint density at radius 2 is 2.27 bits per heavy atom. The van der Waals surface area contributed by atoms with E-state index in [4.69, 9.17) is 4.74 Å². The predicted molar refractivity (Wildman–Crippen MR) is 48.4 cm³/mol. The number of ether oxygens (including phenoxy) is 1. The Labute approximate surface area is 71.8 Å². The van der Waals surface area contributed by atoms with Gasteiger partial charge in [0.05, 0.1) is 6.61 Å². The topological polar surface area (TPSA) is 9.23 Å². The summed E-state index contributed by atoms with van der Waals surface area (Å²) in [6.07, 6.45) is 8.15. The van der Waals surface area contributed by atoms with Gasteiger partial charge in [-0.3, -0.25) is 0 Å². The highest BCUT2D eigenvalue weighted by molar-refractivity contribution is 7.84. The SMILES string of the molecule is SC1=CC=C2CC(=C1)CCO2. The summed E-state index contributed by atoms with van der Waals surface area (Å²) >= 11 is 4.30. The molecule has 2 bridgehead atoms. The van der Waals surface area contributed by atoms with Gasteiger partial charge in [-0.05, 0) is 18.2 Å². The minimum atomic E-state index is 0.826. The molecule has 0 amide bonds. The minimum Gasteiger partial charge on any atom is -0.497 e. The largest absolute Gasteiger partial charge is 0.497 e. The summed E-state index contributed by atoms with van der Waals surface area (Å²) in [5.74, 6) is 1.08. The van der Waals surface area contributed by atoms with Crippen LogP contribution in [0.4, 0.5) is 0 Å². The van der Waals surface area contributed by atoms with Crippen LogP contribution in [0.2, 0.25) is 0 Å². The molecule has 2 heteroatoms. The molecule has 2 aliphatic rings.